The normalized spacial score (nSPS) is 19.6. The molecule has 1 nitrogen and oxygen atoms in total. The minimum Gasteiger partial charge on any atom is -0.383 e. The van der Waals surface area contributed by atoms with Crippen LogP contribution in [0.4, 0.5) is 0 Å². The van der Waals surface area contributed by atoms with E-state index in [2.05, 4.69) is 50.4 Å². The highest BCUT2D eigenvalue weighted by molar-refractivity contribution is 7.13. The number of dihydropyridines is 1. The summed E-state index contributed by atoms with van der Waals surface area (Å²) >= 11 is 1.94. The first-order chi connectivity index (χ1) is 8.19. The Labute approximate surface area is 108 Å². The Kier molecular flexibility index (Phi) is 4.06. The van der Waals surface area contributed by atoms with Crippen molar-refractivity contribution >= 4 is 16.9 Å². The summed E-state index contributed by atoms with van der Waals surface area (Å²) in [7, 11) is 0. The van der Waals surface area contributed by atoms with Crippen molar-refractivity contribution in [2.45, 2.75) is 46.1 Å². The van der Waals surface area contributed by atoms with Crippen LogP contribution in [0, 0.1) is 0 Å². The molecule has 2 rings (SSSR count). The van der Waals surface area contributed by atoms with Gasteiger partial charge in [-0.2, -0.15) is 0 Å². The van der Waals surface area contributed by atoms with Crippen molar-refractivity contribution in [3.63, 3.8) is 0 Å². The molecule has 0 amide bonds. The van der Waals surface area contributed by atoms with Crippen molar-refractivity contribution in [2.75, 3.05) is 0 Å². The van der Waals surface area contributed by atoms with Gasteiger partial charge in [0.05, 0.1) is 0 Å². The molecule has 1 aliphatic rings. The van der Waals surface area contributed by atoms with E-state index in [1.165, 1.54) is 40.3 Å². The number of aryl methyl sites for hydroxylation is 1. The average molecular weight is 247 g/mol. The molecule has 1 aromatic heterocycles. The summed E-state index contributed by atoms with van der Waals surface area (Å²) in [6.07, 6.45) is 8.35. The highest BCUT2D eigenvalue weighted by Gasteiger charge is 2.10. The fourth-order valence-electron chi connectivity index (χ4n) is 2.16. The van der Waals surface area contributed by atoms with Crippen LogP contribution < -0.4 is 5.32 Å². The highest BCUT2D eigenvalue weighted by atomic mass is 32.1. The molecule has 92 valence electrons. The summed E-state index contributed by atoms with van der Waals surface area (Å²) in [4.78, 5) is 2.92. The van der Waals surface area contributed by atoms with Crippen molar-refractivity contribution in [1.29, 1.82) is 0 Å². The Bertz CT molecular complexity index is 440. The third kappa shape index (κ3) is 3.22. The number of unbranched alkanes of at least 4 members (excludes halogenated alkanes) is 1. The Hall–Kier alpha value is -1.02. The average Bonchev–Trinajstić information content (AvgIpc) is 2.73. The lowest BCUT2D eigenvalue weighted by molar-refractivity contribution is 0.721. The zero-order valence-corrected chi connectivity index (χ0v) is 11.7. The molecule has 1 N–H and O–H groups in total. The summed E-state index contributed by atoms with van der Waals surface area (Å²) in [6, 6.07) is 4.99. The Morgan fingerprint density at radius 3 is 2.88 bits per heavy atom. The van der Waals surface area contributed by atoms with Crippen LogP contribution in [0.1, 0.15) is 43.4 Å². The fraction of sp³-hybridized carbons (Fsp3) is 0.467. The number of hydrogen-bond acceptors (Lipinski definition) is 2. The van der Waals surface area contributed by atoms with Gasteiger partial charge < -0.3 is 5.32 Å². The van der Waals surface area contributed by atoms with Gasteiger partial charge in [-0.05, 0) is 50.5 Å². The zero-order chi connectivity index (χ0) is 12.3. The second kappa shape index (κ2) is 5.54. The summed E-state index contributed by atoms with van der Waals surface area (Å²) in [5.41, 5.74) is 2.64. The van der Waals surface area contributed by atoms with Gasteiger partial charge >= 0.3 is 0 Å². The van der Waals surface area contributed by atoms with E-state index in [0.717, 1.165) is 0 Å². The molecule has 2 heteroatoms. The minimum atomic E-state index is 0.441. The molecule has 0 aromatic carbocycles. The number of allylic oxidation sites excluding steroid dienone is 3. The summed E-state index contributed by atoms with van der Waals surface area (Å²) in [6.45, 7) is 6.58. The van der Waals surface area contributed by atoms with E-state index < -0.39 is 0 Å². The van der Waals surface area contributed by atoms with Crippen LogP contribution in [0.25, 0.3) is 5.57 Å². The fourth-order valence-corrected chi connectivity index (χ4v) is 3.21. The van der Waals surface area contributed by atoms with Crippen LogP contribution in [0.5, 0.6) is 0 Å². The van der Waals surface area contributed by atoms with Gasteiger partial charge in [-0.15, -0.1) is 11.3 Å². The predicted octanol–water partition coefficient (Wildman–Crippen LogP) is 4.37. The molecular formula is C15H21NS. The molecule has 0 saturated carbocycles. The SMILES string of the molecule is CCCCc1ccc(C2=CC(C)NC(C)=C2)s1. The van der Waals surface area contributed by atoms with Gasteiger partial charge in [0, 0.05) is 21.5 Å². The quantitative estimate of drug-likeness (QED) is 0.833. The third-order valence-electron chi connectivity index (χ3n) is 2.98. The van der Waals surface area contributed by atoms with Crippen molar-refractivity contribution in [3.05, 3.63) is 39.7 Å². The minimum absolute atomic E-state index is 0.441. The molecule has 1 aromatic rings. The monoisotopic (exact) mass is 247 g/mol. The first kappa shape index (κ1) is 12.4. The third-order valence-corrected chi connectivity index (χ3v) is 4.17. The highest BCUT2D eigenvalue weighted by Crippen LogP contribution is 2.28. The number of hydrogen-bond donors (Lipinski definition) is 1. The topological polar surface area (TPSA) is 12.0 Å². The van der Waals surface area contributed by atoms with Crippen LogP contribution in [-0.4, -0.2) is 6.04 Å². The van der Waals surface area contributed by atoms with Crippen LogP contribution in [-0.2, 0) is 6.42 Å². The molecule has 0 spiro atoms. The van der Waals surface area contributed by atoms with Gasteiger partial charge in [0.2, 0.25) is 0 Å². The van der Waals surface area contributed by atoms with Gasteiger partial charge in [0.1, 0.15) is 0 Å². The predicted molar refractivity (Wildman–Crippen MR) is 77.3 cm³/mol. The van der Waals surface area contributed by atoms with Crippen LogP contribution >= 0.6 is 11.3 Å². The first-order valence-corrected chi connectivity index (χ1v) is 7.26. The van der Waals surface area contributed by atoms with Gasteiger partial charge in [-0.3, -0.25) is 0 Å². The van der Waals surface area contributed by atoms with Gasteiger partial charge in [0.15, 0.2) is 0 Å². The number of nitrogens with one attached hydrogen (secondary N) is 1. The second-order valence-electron chi connectivity index (χ2n) is 4.75. The Morgan fingerprint density at radius 1 is 1.35 bits per heavy atom. The maximum Gasteiger partial charge on any atom is 0.0422 e. The van der Waals surface area contributed by atoms with Crippen LogP contribution in [0.3, 0.4) is 0 Å². The van der Waals surface area contributed by atoms with E-state index >= 15 is 0 Å². The standard InChI is InChI=1S/C15H21NS/c1-4-5-6-14-7-8-15(17-14)13-9-11(2)16-12(3)10-13/h7-11,16H,4-6H2,1-3H3. The van der Waals surface area contributed by atoms with E-state index in [1.54, 1.807) is 0 Å². The summed E-state index contributed by atoms with van der Waals surface area (Å²) in [5, 5.41) is 3.41. The van der Waals surface area contributed by atoms with Gasteiger partial charge in [0.25, 0.3) is 0 Å². The molecule has 0 radical (unpaired) electrons. The van der Waals surface area contributed by atoms with Gasteiger partial charge in [-0.1, -0.05) is 19.4 Å². The summed E-state index contributed by atoms with van der Waals surface area (Å²) in [5.74, 6) is 0. The maximum atomic E-state index is 3.41. The van der Waals surface area contributed by atoms with E-state index in [1.807, 2.05) is 11.3 Å². The Morgan fingerprint density at radius 2 is 2.18 bits per heavy atom. The molecule has 0 aliphatic carbocycles. The van der Waals surface area contributed by atoms with Crippen molar-refractivity contribution in [1.82, 2.24) is 5.32 Å². The van der Waals surface area contributed by atoms with E-state index in [4.69, 9.17) is 0 Å². The zero-order valence-electron chi connectivity index (χ0n) is 10.9. The molecule has 1 unspecified atom stereocenters. The van der Waals surface area contributed by atoms with Crippen LogP contribution in [0.15, 0.2) is 30.0 Å². The number of rotatable bonds is 4. The van der Waals surface area contributed by atoms with Crippen molar-refractivity contribution in [2.24, 2.45) is 0 Å². The lowest BCUT2D eigenvalue weighted by Gasteiger charge is -2.18. The number of thiophene rings is 1. The van der Waals surface area contributed by atoms with E-state index in [9.17, 15) is 0 Å². The van der Waals surface area contributed by atoms with E-state index in [0.29, 0.717) is 6.04 Å². The van der Waals surface area contributed by atoms with Crippen molar-refractivity contribution in [3.8, 4) is 0 Å². The Balaban J connectivity index is 2.14. The molecule has 1 atom stereocenters. The lowest BCUT2D eigenvalue weighted by Crippen LogP contribution is -2.24. The molecular weight excluding hydrogens is 226 g/mol. The summed E-state index contributed by atoms with van der Waals surface area (Å²) < 4.78 is 0. The second-order valence-corrected chi connectivity index (χ2v) is 5.92. The first-order valence-electron chi connectivity index (χ1n) is 6.44. The van der Waals surface area contributed by atoms with Gasteiger partial charge in [-0.25, -0.2) is 0 Å². The maximum absolute atomic E-state index is 3.41. The largest absolute Gasteiger partial charge is 0.383 e. The smallest absolute Gasteiger partial charge is 0.0422 e. The lowest BCUT2D eigenvalue weighted by atomic mass is 10.1. The molecule has 2 heterocycles. The molecule has 0 fully saturated rings. The molecule has 17 heavy (non-hydrogen) atoms. The van der Waals surface area contributed by atoms with E-state index in [-0.39, 0.29) is 0 Å². The molecule has 0 bridgehead atoms. The molecule has 0 saturated heterocycles. The molecule has 1 aliphatic heterocycles. The van der Waals surface area contributed by atoms with Crippen molar-refractivity contribution < 1.29 is 0 Å². The van der Waals surface area contributed by atoms with Crippen LogP contribution in [0.2, 0.25) is 0 Å².